The van der Waals surface area contributed by atoms with Crippen LogP contribution in [0.15, 0.2) is 36.8 Å². The lowest BCUT2D eigenvalue weighted by molar-refractivity contribution is 0.1000. The topological polar surface area (TPSA) is 68.9 Å². The Bertz CT molecular complexity index is 523. The summed E-state index contributed by atoms with van der Waals surface area (Å²) < 4.78 is 0. The Hall–Kier alpha value is -2.23. The third kappa shape index (κ3) is 1.91. The SMILES string of the molecule is Cc1ncc(C(N)=O)cc1-c1cccnc1. The number of primary amides is 1. The first-order valence-corrected chi connectivity index (χ1v) is 4.85. The lowest BCUT2D eigenvalue weighted by atomic mass is 10.0. The van der Waals surface area contributed by atoms with Crippen molar-refractivity contribution in [1.29, 1.82) is 0 Å². The highest BCUT2D eigenvalue weighted by Gasteiger charge is 2.07. The van der Waals surface area contributed by atoms with Crippen LogP contribution in [0.4, 0.5) is 0 Å². The van der Waals surface area contributed by atoms with Crippen molar-refractivity contribution in [2.45, 2.75) is 6.92 Å². The van der Waals surface area contributed by atoms with Crippen LogP contribution >= 0.6 is 0 Å². The lowest BCUT2D eigenvalue weighted by Crippen LogP contribution is -2.11. The van der Waals surface area contributed by atoms with E-state index in [1.54, 1.807) is 18.5 Å². The molecule has 0 saturated carbocycles. The number of amides is 1. The van der Waals surface area contributed by atoms with E-state index in [9.17, 15) is 4.79 Å². The van der Waals surface area contributed by atoms with E-state index in [4.69, 9.17) is 5.73 Å². The summed E-state index contributed by atoms with van der Waals surface area (Å²) in [6.07, 6.45) is 4.91. The summed E-state index contributed by atoms with van der Waals surface area (Å²) in [6, 6.07) is 5.50. The van der Waals surface area contributed by atoms with Gasteiger partial charge in [-0.25, -0.2) is 0 Å². The van der Waals surface area contributed by atoms with Crippen LogP contribution in [0.5, 0.6) is 0 Å². The van der Waals surface area contributed by atoms with Gasteiger partial charge in [-0.1, -0.05) is 6.07 Å². The van der Waals surface area contributed by atoms with Crippen molar-refractivity contribution < 1.29 is 4.79 Å². The van der Waals surface area contributed by atoms with Crippen LogP contribution in [0.25, 0.3) is 11.1 Å². The van der Waals surface area contributed by atoms with Gasteiger partial charge in [0.25, 0.3) is 0 Å². The third-order valence-electron chi connectivity index (χ3n) is 2.34. The zero-order valence-corrected chi connectivity index (χ0v) is 8.84. The standard InChI is InChI=1S/C12H11N3O/c1-8-11(9-3-2-4-14-6-9)5-10(7-15-8)12(13)16/h2-7H,1H3,(H2,13,16). The molecule has 1 amide bonds. The van der Waals surface area contributed by atoms with E-state index in [1.807, 2.05) is 19.1 Å². The van der Waals surface area contributed by atoms with Crippen LogP contribution in [0, 0.1) is 6.92 Å². The molecular formula is C12H11N3O. The number of pyridine rings is 2. The number of nitrogens with zero attached hydrogens (tertiary/aromatic N) is 2. The van der Waals surface area contributed by atoms with Gasteiger partial charge in [0.05, 0.1) is 5.56 Å². The molecule has 2 aromatic rings. The minimum absolute atomic E-state index is 0.407. The molecule has 0 atom stereocenters. The molecular weight excluding hydrogens is 202 g/mol. The first-order chi connectivity index (χ1) is 7.68. The Balaban J connectivity index is 2.56. The quantitative estimate of drug-likeness (QED) is 0.822. The van der Waals surface area contributed by atoms with Crippen molar-refractivity contribution in [2.24, 2.45) is 5.73 Å². The molecule has 0 aliphatic rings. The summed E-state index contributed by atoms with van der Waals surface area (Å²) in [5.41, 5.74) is 8.27. The van der Waals surface area contributed by atoms with E-state index in [0.29, 0.717) is 5.56 Å². The Morgan fingerprint density at radius 1 is 1.38 bits per heavy atom. The summed E-state index contributed by atoms with van der Waals surface area (Å²) in [6.45, 7) is 1.88. The molecule has 4 nitrogen and oxygen atoms in total. The monoisotopic (exact) mass is 213 g/mol. The predicted octanol–water partition coefficient (Wildman–Crippen LogP) is 1.55. The number of hydrogen-bond acceptors (Lipinski definition) is 3. The molecule has 0 fully saturated rings. The fourth-order valence-corrected chi connectivity index (χ4v) is 1.48. The summed E-state index contributed by atoms with van der Waals surface area (Å²) in [4.78, 5) is 19.2. The molecule has 0 radical (unpaired) electrons. The number of aromatic nitrogens is 2. The zero-order chi connectivity index (χ0) is 11.5. The molecule has 16 heavy (non-hydrogen) atoms. The maximum atomic E-state index is 11.1. The average molecular weight is 213 g/mol. The highest BCUT2D eigenvalue weighted by atomic mass is 16.1. The molecule has 0 aliphatic carbocycles. The fraction of sp³-hybridized carbons (Fsp3) is 0.0833. The first kappa shape index (κ1) is 10.3. The van der Waals surface area contributed by atoms with Gasteiger partial charge in [0.1, 0.15) is 0 Å². The van der Waals surface area contributed by atoms with Crippen LogP contribution in [0.1, 0.15) is 16.1 Å². The van der Waals surface area contributed by atoms with Crippen molar-refractivity contribution in [3.8, 4) is 11.1 Å². The summed E-state index contributed by atoms with van der Waals surface area (Å²) in [7, 11) is 0. The Morgan fingerprint density at radius 2 is 2.19 bits per heavy atom. The van der Waals surface area contributed by atoms with Gasteiger partial charge in [-0.05, 0) is 19.1 Å². The number of rotatable bonds is 2. The molecule has 0 saturated heterocycles. The first-order valence-electron chi connectivity index (χ1n) is 4.85. The molecule has 2 N–H and O–H groups in total. The van der Waals surface area contributed by atoms with E-state index in [-0.39, 0.29) is 0 Å². The van der Waals surface area contributed by atoms with Gasteiger partial charge in [0.2, 0.25) is 5.91 Å². The van der Waals surface area contributed by atoms with Crippen molar-refractivity contribution in [3.05, 3.63) is 48.0 Å². The molecule has 0 unspecified atom stereocenters. The number of nitrogens with two attached hydrogens (primary N) is 1. The highest BCUT2D eigenvalue weighted by Crippen LogP contribution is 2.21. The maximum absolute atomic E-state index is 11.1. The van der Waals surface area contributed by atoms with Crippen LogP contribution in [-0.4, -0.2) is 15.9 Å². The van der Waals surface area contributed by atoms with Gasteiger partial charge < -0.3 is 5.73 Å². The second-order valence-electron chi connectivity index (χ2n) is 3.46. The van der Waals surface area contributed by atoms with E-state index in [0.717, 1.165) is 16.8 Å². The van der Waals surface area contributed by atoms with Crippen LogP contribution in [0.2, 0.25) is 0 Å². The second kappa shape index (κ2) is 4.10. The van der Waals surface area contributed by atoms with Crippen molar-refractivity contribution in [1.82, 2.24) is 9.97 Å². The number of aryl methyl sites for hydroxylation is 1. The fourth-order valence-electron chi connectivity index (χ4n) is 1.48. The van der Waals surface area contributed by atoms with Gasteiger partial charge in [0.15, 0.2) is 0 Å². The zero-order valence-electron chi connectivity index (χ0n) is 8.84. The van der Waals surface area contributed by atoms with Crippen molar-refractivity contribution in [2.75, 3.05) is 0 Å². The van der Waals surface area contributed by atoms with Gasteiger partial charge in [0, 0.05) is 35.4 Å². The van der Waals surface area contributed by atoms with E-state index < -0.39 is 5.91 Å². The Morgan fingerprint density at radius 3 is 2.81 bits per heavy atom. The summed E-state index contributed by atoms with van der Waals surface area (Å²) in [5.74, 6) is -0.474. The minimum Gasteiger partial charge on any atom is -0.366 e. The second-order valence-corrected chi connectivity index (χ2v) is 3.46. The molecule has 0 bridgehead atoms. The smallest absolute Gasteiger partial charge is 0.250 e. The van der Waals surface area contributed by atoms with Crippen LogP contribution < -0.4 is 5.73 Å². The van der Waals surface area contributed by atoms with Crippen LogP contribution in [-0.2, 0) is 0 Å². The third-order valence-corrected chi connectivity index (χ3v) is 2.34. The predicted molar refractivity (Wildman–Crippen MR) is 60.7 cm³/mol. The minimum atomic E-state index is -0.474. The Labute approximate surface area is 93.2 Å². The van der Waals surface area contributed by atoms with Crippen LogP contribution in [0.3, 0.4) is 0 Å². The van der Waals surface area contributed by atoms with Crippen molar-refractivity contribution in [3.63, 3.8) is 0 Å². The largest absolute Gasteiger partial charge is 0.366 e. The molecule has 2 rings (SSSR count). The van der Waals surface area contributed by atoms with E-state index in [2.05, 4.69) is 9.97 Å². The molecule has 0 aliphatic heterocycles. The highest BCUT2D eigenvalue weighted by molar-refractivity contribution is 5.93. The van der Waals surface area contributed by atoms with Crippen molar-refractivity contribution >= 4 is 5.91 Å². The molecule has 0 spiro atoms. The molecule has 0 aromatic carbocycles. The lowest BCUT2D eigenvalue weighted by Gasteiger charge is -2.05. The summed E-state index contributed by atoms with van der Waals surface area (Å²) >= 11 is 0. The summed E-state index contributed by atoms with van der Waals surface area (Å²) in [5, 5.41) is 0. The number of carbonyl (C=O) groups is 1. The number of hydrogen-bond donors (Lipinski definition) is 1. The Kier molecular flexibility index (Phi) is 2.64. The van der Waals surface area contributed by atoms with E-state index >= 15 is 0 Å². The normalized spacial score (nSPS) is 10.1. The van der Waals surface area contributed by atoms with E-state index in [1.165, 1.54) is 6.20 Å². The molecule has 4 heteroatoms. The number of carbonyl (C=O) groups excluding carboxylic acids is 1. The average Bonchev–Trinajstić information content (AvgIpc) is 2.30. The maximum Gasteiger partial charge on any atom is 0.250 e. The molecule has 2 heterocycles. The van der Waals surface area contributed by atoms with Gasteiger partial charge in [-0.15, -0.1) is 0 Å². The molecule has 2 aromatic heterocycles. The molecule has 80 valence electrons. The van der Waals surface area contributed by atoms with Gasteiger partial charge in [-0.2, -0.15) is 0 Å². The van der Waals surface area contributed by atoms with Gasteiger partial charge in [-0.3, -0.25) is 14.8 Å². The van der Waals surface area contributed by atoms with Gasteiger partial charge >= 0.3 is 0 Å².